The minimum absolute atomic E-state index is 0.358. The first-order valence-corrected chi connectivity index (χ1v) is 6.96. The molecule has 2 rings (SSSR count). The van der Waals surface area contributed by atoms with Crippen LogP contribution in [0.5, 0.6) is 0 Å². The third-order valence-electron chi connectivity index (χ3n) is 3.24. The molecule has 3 nitrogen and oxygen atoms in total. The average Bonchev–Trinajstić information content (AvgIpc) is 2.94. The Morgan fingerprint density at radius 1 is 1.56 bits per heavy atom. The topological polar surface area (TPSA) is 48.1 Å². The maximum atomic E-state index is 5.91. The molecule has 1 aromatic heterocycles. The van der Waals surface area contributed by atoms with Gasteiger partial charge in [-0.2, -0.15) is 0 Å². The highest BCUT2D eigenvalue weighted by molar-refractivity contribution is 7.09. The maximum absolute atomic E-state index is 5.91. The largest absolute Gasteiger partial charge is 0.372 e. The first-order valence-electron chi connectivity index (χ1n) is 6.08. The van der Waals surface area contributed by atoms with Gasteiger partial charge in [0, 0.05) is 5.38 Å². The van der Waals surface area contributed by atoms with Crippen molar-refractivity contribution in [1.29, 1.82) is 0 Å². The molecule has 2 unspecified atom stereocenters. The van der Waals surface area contributed by atoms with Gasteiger partial charge in [-0.1, -0.05) is 13.3 Å². The Morgan fingerprint density at radius 2 is 2.44 bits per heavy atom. The Hall–Kier alpha value is -0.450. The molecule has 1 aromatic rings. The highest BCUT2D eigenvalue weighted by atomic mass is 32.1. The second-order valence-corrected chi connectivity index (χ2v) is 5.30. The first kappa shape index (κ1) is 12.0. The normalized spacial score (nSPS) is 25.1. The average molecular weight is 240 g/mol. The summed E-state index contributed by atoms with van der Waals surface area (Å²) in [5.41, 5.74) is 6.80. The highest BCUT2D eigenvalue weighted by Crippen LogP contribution is 2.28. The molecule has 0 aromatic carbocycles. The molecule has 0 amide bonds. The molecule has 0 radical (unpaired) electrons. The van der Waals surface area contributed by atoms with Gasteiger partial charge in [-0.25, -0.2) is 4.98 Å². The van der Waals surface area contributed by atoms with Gasteiger partial charge in [-0.05, 0) is 31.7 Å². The van der Waals surface area contributed by atoms with Crippen LogP contribution in [0.3, 0.4) is 0 Å². The van der Waals surface area contributed by atoms with Crippen LogP contribution in [-0.4, -0.2) is 17.6 Å². The van der Waals surface area contributed by atoms with Gasteiger partial charge in [-0.15, -0.1) is 11.3 Å². The fourth-order valence-electron chi connectivity index (χ4n) is 2.26. The van der Waals surface area contributed by atoms with Crippen molar-refractivity contribution in [3.05, 3.63) is 16.1 Å². The molecule has 16 heavy (non-hydrogen) atoms. The molecular weight excluding hydrogens is 220 g/mol. The number of aryl methyl sites for hydroxylation is 1. The lowest BCUT2D eigenvalue weighted by atomic mass is 10.1. The van der Waals surface area contributed by atoms with Gasteiger partial charge in [0.15, 0.2) is 0 Å². The second kappa shape index (κ2) is 5.75. The molecule has 90 valence electrons. The van der Waals surface area contributed by atoms with E-state index < -0.39 is 0 Å². The summed E-state index contributed by atoms with van der Waals surface area (Å²) in [6.45, 7) is 3.53. The molecule has 0 bridgehead atoms. The van der Waals surface area contributed by atoms with Crippen LogP contribution in [0.4, 0.5) is 0 Å². The lowest BCUT2D eigenvalue weighted by molar-refractivity contribution is 0.0168. The van der Waals surface area contributed by atoms with E-state index >= 15 is 0 Å². The molecule has 2 N–H and O–H groups in total. The van der Waals surface area contributed by atoms with Crippen LogP contribution in [0.15, 0.2) is 5.38 Å². The number of hydrogen-bond acceptors (Lipinski definition) is 4. The van der Waals surface area contributed by atoms with E-state index in [4.69, 9.17) is 10.5 Å². The molecule has 4 heteroatoms. The summed E-state index contributed by atoms with van der Waals surface area (Å²) in [6.07, 6.45) is 5.01. The summed E-state index contributed by atoms with van der Waals surface area (Å²) in [5.74, 6) is 0.560. The molecule has 0 spiro atoms. The number of ether oxygens (including phenoxy) is 1. The smallest absolute Gasteiger partial charge is 0.0926 e. The third-order valence-corrected chi connectivity index (χ3v) is 4.28. The van der Waals surface area contributed by atoms with Crippen molar-refractivity contribution in [3.8, 4) is 0 Å². The fourth-order valence-corrected chi connectivity index (χ4v) is 2.99. The molecule has 0 saturated heterocycles. The SMILES string of the molecule is CCc1nc(COC2CCCC2CN)cs1. The van der Waals surface area contributed by atoms with Gasteiger partial charge < -0.3 is 10.5 Å². The number of rotatable bonds is 5. The number of hydrogen-bond donors (Lipinski definition) is 1. The third kappa shape index (κ3) is 2.81. The maximum Gasteiger partial charge on any atom is 0.0926 e. The molecule has 1 heterocycles. The van der Waals surface area contributed by atoms with Gasteiger partial charge in [0.1, 0.15) is 0 Å². The molecule has 1 aliphatic rings. The molecule has 1 aliphatic carbocycles. The van der Waals surface area contributed by atoms with Crippen LogP contribution in [-0.2, 0) is 17.8 Å². The Morgan fingerprint density at radius 3 is 3.12 bits per heavy atom. The van der Waals surface area contributed by atoms with Crippen molar-refractivity contribution < 1.29 is 4.74 Å². The van der Waals surface area contributed by atoms with Crippen molar-refractivity contribution >= 4 is 11.3 Å². The highest BCUT2D eigenvalue weighted by Gasteiger charge is 2.26. The van der Waals surface area contributed by atoms with E-state index in [1.54, 1.807) is 11.3 Å². The summed E-state index contributed by atoms with van der Waals surface area (Å²) < 4.78 is 5.91. The van der Waals surface area contributed by atoms with Crippen LogP contribution >= 0.6 is 11.3 Å². The van der Waals surface area contributed by atoms with Crippen molar-refractivity contribution in [2.24, 2.45) is 11.7 Å². The van der Waals surface area contributed by atoms with Crippen molar-refractivity contribution in [3.63, 3.8) is 0 Å². The number of thiazole rings is 1. The minimum atomic E-state index is 0.358. The quantitative estimate of drug-likeness (QED) is 0.859. The van der Waals surface area contributed by atoms with Gasteiger partial charge in [0.25, 0.3) is 0 Å². The Balaban J connectivity index is 1.82. The lowest BCUT2D eigenvalue weighted by Gasteiger charge is -2.17. The van der Waals surface area contributed by atoms with E-state index in [1.165, 1.54) is 17.8 Å². The molecule has 1 fully saturated rings. The Kier molecular flexibility index (Phi) is 4.32. The van der Waals surface area contributed by atoms with Crippen molar-refractivity contribution in [2.75, 3.05) is 6.54 Å². The Bertz CT molecular complexity index is 327. The second-order valence-electron chi connectivity index (χ2n) is 4.36. The van der Waals surface area contributed by atoms with Crippen LogP contribution in [0.2, 0.25) is 0 Å². The molecule has 1 saturated carbocycles. The summed E-state index contributed by atoms with van der Waals surface area (Å²) in [6, 6.07) is 0. The monoisotopic (exact) mass is 240 g/mol. The van der Waals surface area contributed by atoms with E-state index in [9.17, 15) is 0 Å². The first-order chi connectivity index (χ1) is 7.83. The predicted octanol–water partition coefficient (Wildman–Crippen LogP) is 2.35. The molecular formula is C12H20N2OS. The van der Waals surface area contributed by atoms with Crippen LogP contribution in [0.1, 0.15) is 36.9 Å². The minimum Gasteiger partial charge on any atom is -0.372 e. The van der Waals surface area contributed by atoms with Crippen LogP contribution in [0, 0.1) is 5.92 Å². The predicted molar refractivity (Wildman–Crippen MR) is 66.5 cm³/mol. The van der Waals surface area contributed by atoms with E-state index in [2.05, 4.69) is 17.3 Å². The summed E-state index contributed by atoms with van der Waals surface area (Å²) in [4.78, 5) is 4.50. The number of nitrogens with zero attached hydrogens (tertiary/aromatic N) is 1. The van der Waals surface area contributed by atoms with Crippen LogP contribution in [0.25, 0.3) is 0 Å². The fraction of sp³-hybridized carbons (Fsp3) is 0.750. The summed E-state index contributed by atoms with van der Waals surface area (Å²) in [7, 11) is 0. The van der Waals surface area contributed by atoms with E-state index in [-0.39, 0.29) is 0 Å². The summed E-state index contributed by atoms with van der Waals surface area (Å²) >= 11 is 1.72. The summed E-state index contributed by atoms with van der Waals surface area (Å²) in [5, 5.41) is 3.30. The lowest BCUT2D eigenvalue weighted by Crippen LogP contribution is -2.25. The number of aromatic nitrogens is 1. The van der Waals surface area contributed by atoms with Crippen molar-refractivity contribution in [1.82, 2.24) is 4.98 Å². The van der Waals surface area contributed by atoms with Crippen molar-refractivity contribution in [2.45, 2.75) is 45.3 Å². The zero-order valence-corrected chi connectivity index (χ0v) is 10.6. The van der Waals surface area contributed by atoms with Crippen LogP contribution < -0.4 is 5.73 Å². The zero-order chi connectivity index (χ0) is 11.4. The molecule has 2 atom stereocenters. The van der Waals surface area contributed by atoms with E-state index in [0.29, 0.717) is 18.6 Å². The van der Waals surface area contributed by atoms with E-state index in [1.807, 2.05) is 0 Å². The standard InChI is InChI=1S/C12H20N2OS/c1-2-12-14-10(8-16-12)7-15-11-5-3-4-9(11)6-13/h8-9,11H,2-7,13H2,1H3. The van der Waals surface area contributed by atoms with Gasteiger partial charge in [0.05, 0.1) is 23.4 Å². The van der Waals surface area contributed by atoms with E-state index in [0.717, 1.165) is 25.1 Å². The van der Waals surface area contributed by atoms with Gasteiger partial charge >= 0.3 is 0 Å². The molecule has 0 aliphatic heterocycles. The van der Waals surface area contributed by atoms with Gasteiger partial charge in [0.2, 0.25) is 0 Å². The number of nitrogens with two attached hydrogens (primary N) is 1. The van der Waals surface area contributed by atoms with Gasteiger partial charge in [-0.3, -0.25) is 0 Å². The Labute approximate surface area is 101 Å². The zero-order valence-electron chi connectivity index (χ0n) is 9.82.